The molecule has 0 aliphatic heterocycles. The third-order valence-electron chi connectivity index (χ3n) is 2.60. The summed E-state index contributed by atoms with van der Waals surface area (Å²) in [6.07, 6.45) is 2.28. The van der Waals surface area contributed by atoms with Crippen LogP contribution in [0.2, 0.25) is 0 Å². The number of aliphatic hydroxyl groups excluding tert-OH is 1. The molecule has 0 amide bonds. The second-order valence-electron chi connectivity index (χ2n) is 3.83. The van der Waals surface area contributed by atoms with Gasteiger partial charge in [0.15, 0.2) is 0 Å². The third-order valence-corrected chi connectivity index (χ3v) is 2.60. The van der Waals surface area contributed by atoms with E-state index < -0.39 is 4.92 Å². The van der Waals surface area contributed by atoms with Crippen LogP contribution >= 0.6 is 0 Å². The smallest absolute Gasteiger partial charge is 0.269 e. The van der Waals surface area contributed by atoms with Gasteiger partial charge in [0.05, 0.1) is 10.6 Å². The highest BCUT2D eigenvalue weighted by Gasteiger charge is 2.05. The molecule has 5 nitrogen and oxygen atoms in total. The van der Waals surface area contributed by atoms with Crippen LogP contribution in [0.3, 0.4) is 0 Å². The van der Waals surface area contributed by atoms with Crippen LogP contribution in [0.4, 0.5) is 5.69 Å². The Morgan fingerprint density at radius 3 is 2.39 bits per heavy atom. The van der Waals surface area contributed by atoms with Crippen molar-refractivity contribution in [2.24, 2.45) is 0 Å². The topological polar surface area (TPSA) is 76.3 Å². The van der Waals surface area contributed by atoms with Crippen molar-refractivity contribution < 1.29 is 10.0 Å². The van der Waals surface area contributed by atoms with Gasteiger partial charge in [0.1, 0.15) is 0 Å². The fourth-order valence-corrected chi connectivity index (χ4v) is 1.63. The highest BCUT2D eigenvalue weighted by atomic mass is 16.6. The minimum Gasteiger partial charge on any atom is -0.396 e. The Morgan fingerprint density at radius 2 is 1.89 bits per heavy atom. The number of nitro groups is 1. The van der Waals surface area contributed by atoms with E-state index in [1.54, 1.807) is 18.3 Å². The molecule has 0 atom stereocenters. The lowest BCUT2D eigenvalue weighted by atomic mass is 10.1. The summed E-state index contributed by atoms with van der Waals surface area (Å²) in [5, 5.41) is 19.3. The highest BCUT2D eigenvalue weighted by molar-refractivity contribution is 5.60. The van der Waals surface area contributed by atoms with Crippen molar-refractivity contribution in [1.82, 2.24) is 4.98 Å². The van der Waals surface area contributed by atoms with E-state index in [-0.39, 0.29) is 12.3 Å². The van der Waals surface area contributed by atoms with Gasteiger partial charge in [-0.15, -0.1) is 0 Å². The standard InChI is InChI=1S/C13H12N2O3/c16-8-7-10-1-6-13(14-9-10)11-2-4-12(5-3-11)15(17)18/h1-6,9,16H,7-8H2. The van der Waals surface area contributed by atoms with Gasteiger partial charge in [0.2, 0.25) is 0 Å². The van der Waals surface area contributed by atoms with Crippen molar-refractivity contribution in [3.8, 4) is 11.3 Å². The zero-order valence-electron chi connectivity index (χ0n) is 9.61. The summed E-state index contributed by atoms with van der Waals surface area (Å²) < 4.78 is 0. The summed E-state index contributed by atoms with van der Waals surface area (Å²) in [7, 11) is 0. The largest absolute Gasteiger partial charge is 0.396 e. The fraction of sp³-hybridized carbons (Fsp3) is 0.154. The molecule has 0 bridgehead atoms. The van der Waals surface area contributed by atoms with Crippen LogP contribution in [0.25, 0.3) is 11.3 Å². The first-order chi connectivity index (χ1) is 8.70. The number of hydrogen-bond donors (Lipinski definition) is 1. The third kappa shape index (κ3) is 2.70. The quantitative estimate of drug-likeness (QED) is 0.660. The maximum atomic E-state index is 10.5. The Balaban J connectivity index is 2.23. The molecule has 92 valence electrons. The van der Waals surface area contributed by atoms with Crippen molar-refractivity contribution in [3.05, 3.63) is 58.3 Å². The fourth-order valence-electron chi connectivity index (χ4n) is 1.63. The molecule has 0 radical (unpaired) electrons. The lowest BCUT2D eigenvalue weighted by Gasteiger charge is -2.02. The van der Waals surface area contributed by atoms with E-state index >= 15 is 0 Å². The molecular weight excluding hydrogens is 232 g/mol. The van der Waals surface area contributed by atoms with Gasteiger partial charge in [0.25, 0.3) is 5.69 Å². The monoisotopic (exact) mass is 244 g/mol. The lowest BCUT2D eigenvalue weighted by molar-refractivity contribution is -0.384. The Bertz CT molecular complexity index is 535. The number of nitro benzene ring substituents is 1. The average molecular weight is 244 g/mol. The summed E-state index contributed by atoms with van der Waals surface area (Å²) in [6.45, 7) is 0.0958. The van der Waals surface area contributed by atoms with Crippen LogP contribution in [-0.4, -0.2) is 21.6 Å². The van der Waals surface area contributed by atoms with E-state index in [0.29, 0.717) is 6.42 Å². The average Bonchev–Trinajstić information content (AvgIpc) is 2.40. The zero-order valence-corrected chi connectivity index (χ0v) is 9.61. The molecule has 0 saturated carbocycles. The Kier molecular flexibility index (Phi) is 3.64. The molecule has 2 aromatic rings. The lowest BCUT2D eigenvalue weighted by Crippen LogP contribution is -1.92. The first kappa shape index (κ1) is 12.2. The summed E-state index contributed by atoms with van der Waals surface area (Å²) in [4.78, 5) is 14.4. The Hall–Kier alpha value is -2.27. The maximum absolute atomic E-state index is 10.5. The predicted molar refractivity (Wildman–Crippen MR) is 67.1 cm³/mol. The van der Waals surface area contributed by atoms with Crippen LogP contribution in [0, 0.1) is 10.1 Å². The SMILES string of the molecule is O=[N+]([O-])c1ccc(-c2ccc(CCO)cn2)cc1. The van der Waals surface area contributed by atoms with E-state index in [9.17, 15) is 10.1 Å². The molecule has 0 aliphatic carbocycles. The van der Waals surface area contributed by atoms with Crippen LogP contribution < -0.4 is 0 Å². The first-order valence-electron chi connectivity index (χ1n) is 5.51. The summed E-state index contributed by atoms with van der Waals surface area (Å²) >= 11 is 0. The molecule has 5 heteroatoms. The van der Waals surface area contributed by atoms with Crippen molar-refractivity contribution in [1.29, 1.82) is 0 Å². The van der Waals surface area contributed by atoms with Gasteiger partial charge in [-0.1, -0.05) is 6.07 Å². The van der Waals surface area contributed by atoms with Gasteiger partial charge >= 0.3 is 0 Å². The van der Waals surface area contributed by atoms with Gasteiger partial charge < -0.3 is 5.11 Å². The first-order valence-corrected chi connectivity index (χ1v) is 5.51. The molecule has 0 fully saturated rings. The molecule has 1 aromatic heterocycles. The van der Waals surface area contributed by atoms with Gasteiger partial charge in [-0.2, -0.15) is 0 Å². The molecule has 0 spiro atoms. The van der Waals surface area contributed by atoms with Crippen LogP contribution in [0.15, 0.2) is 42.6 Å². The predicted octanol–water partition coefficient (Wildman–Crippen LogP) is 2.19. The zero-order chi connectivity index (χ0) is 13.0. The molecule has 1 aromatic carbocycles. The highest BCUT2D eigenvalue weighted by Crippen LogP contribution is 2.20. The summed E-state index contributed by atoms with van der Waals surface area (Å²) in [5.41, 5.74) is 2.61. The number of hydrogen-bond acceptors (Lipinski definition) is 4. The van der Waals surface area contributed by atoms with Crippen molar-refractivity contribution in [2.45, 2.75) is 6.42 Å². The minimum atomic E-state index is -0.429. The maximum Gasteiger partial charge on any atom is 0.269 e. The van der Waals surface area contributed by atoms with Gasteiger partial charge in [-0.25, -0.2) is 0 Å². The number of pyridine rings is 1. The Labute approximate surface area is 104 Å². The molecule has 2 rings (SSSR count). The van der Waals surface area contributed by atoms with E-state index in [0.717, 1.165) is 16.8 Å². The molecular formula is C13H12N2O3. The van der Waals surface area contributed by atoms with Crippen molar-refractivity contribution in [2.75, 3.05) is 6.61 Å². The molecule has 0 saturated heterocycles. The molecule has 0 unspecified atom stereocenters. The van der Waals surface area contributed by atoms with Gasteiger partial charge in [-0.3, -0.25) is 15.1 Å². The second kappa shape index (κ2) is 5.37. The molecule has 1 N–H and O–H groups in total. The number of non-ortho nitro benzene ring substituents is 1. The molecule has 18 heavy (non-hydrogen) atoms. The molecule has 0 aliphatic rings. The van der Waals surface area contributed by atoms with Crippen molar-refractivity contribution >= 4 is 5.69 Å². The van der Waals surface area contributed by atoms with E-state index in [1.165, 1.54) is 12.1 Å². The van der Waals surface area contributed by atoms with E-state index in [4.69, 9.17) is 5.11 Å². The number of nitrogens with zero attached hydrogens (tertiary/aromatic N) is 2. The van der Waals surface area contributed by atoms with Crippen LogP contribution in [-0.2, 0) is 6.42 Å². The summed E-state index contributed by atoms with van der Waals surface area (Å²) in [5.74, 6) is 0. The van der Waals surface area contributed by atoms with E-state index in [2.05, 4.69) is 4.98 Å². The van der Waals surface area contributed by atoms with E-state index in [1.807, 2.05) is 12.1 Å². The minimum absolute atomic E-state index is 0.0654. The number of aromatic nitrogens is 1. The van der Waals surface area contributed by atoms with Gasteiger partial charge in [0, 0.05) is 30.5 Å². The van der Waals surface area contributed by atoms with Crippen LogP contribution in [0.1, 0.15) is 5.56 Å². The number of aliphatic hydroxyl groups is 1. The molecule has 1 heterocycles. The van der Waals surface area contributed by atoms with Crippen molar-refractivity contribution in [3.63, 3.8) is 0 Å². The second-order valence-corrected chi connectivity index (χ2v) is 3.83. The normalized spacial score (nSPS) is 10.3. The Morgan fingerprint density at radius 1 is 1.17 bits per heavy atom. The number of benzene rings is 1. The van der Waals surface area contributed by atoms with Crippen LogP contribution in [0.5, 0.6) is 0 Å². The summed E-state index contributed by atoms with van der Waals surface area (Å²) in [6, 6.07) is 9.99. The number of rotatable bonds is 4. The van der Waals surface area contributed by atoms with Gasteiger partial charge in [-0.05, 0) is 30.2 Å².